The summed E-state index contributed by atoms with van der Waals surface area (Å²) in [4.78, 5) is 0. The van der Waals surface area contributed by atoms with Crippen molar-refractivity contribution < 1.29 is 22.0 Å². The number of aryl methyl sites for hydroxylation is 4. The van der Waals surface area contributed by atoms with Crippen LogP contribution < -0.4 is 0 Å². The van der Waals surface area contributed by atoms with E-state index >= 15 is 0 Å². The molecule has 0 atom stereocenters. The summed E-state index contributed by atoms with van der Waals surface area (Å²) in [5.74, 6) is -2.82. The lowest BCUT2D eigenvalue weighted by Gasteiger charge is -2.10. The van der Waals surface area contributed by atoms with E-state index in [4.69, 9.17) is 0 Å². The van der Waals surface area contributed by atoms with Crippen molar-refractivity contribution in [1.82, 2.24) is 0 Å². The summed E-state index contributed by atoms with van der Waals surface area (Å²) >= 11 is 0. The number of rotatable bonds is 8. The van der Waals surface area contributed by atoms with Gasteiger partial charge in [0.1, 0.15) is 29.1 Å². The first-order valence-electron chi connectivity index (χ1n) is 10.5. The van der Waals surface area contributed by atoms with Gasteiger partial charge in [-0.2, -0.15) is 0 Å². The zero-order chi connectivity index (χ0) is 22.5. The molecule has 0 nitrogen and oxygen atoms in total. The Bertz CT molecular complexity index is 1030. The second-order valence-electron chi connectivity index (χ2n) is 7.90. The standard InChI is InChI=1S/C26H25F5/c1-3-4-18-14-25(30)21(26(31)15-18)10-7-17-5-8-20(24(29)11-17)9-6-19-12-22(27)16(2)23(28)13-19/h5,8,11-15H,3-4,6-7,9-10H2,1-2H3. The molecule has 0 heterocycles. The Labute approximate surface area is 179 Å². The predicted octanol–water partition coefficient (Wildman–Crippen LogP) is 7.21. The molecule has 0 aromatic heterocycles. The Morgan fingerprint density at radius 1 is 0.548 bits per heavy atom. The molecule has 0 aliphatic heterocycles. The molecule has 3 rings (SSSR count). The van der Waals surface area contributed by atoms with Crippen LogP contribution in [0.15, 0.2) is 42.5 Å². The van der Waals surface area contributed by atoms with Crippen molar-refractivity contribution >= 4 is 0 Å². The van der Waals surface area contributed by atoms with E-state index in [-0.39, 0.29) is 24.0 Å². The Balaban J connectivity index is 1.65. The van der Waals surface area contributed by atoms with Gasteiger partial charge >= 0.3 is 0 Å². The summed E-state index contributed by atoms with van der Waals surface area (Å²) in [5.41, 5.74) is 2.11. The molecule has 31 heavy (non-hydrogen) atoms. The van der Waals surface area contributed by atoms with E-state index in [2.05, 4.69) is 0 Å². The molecule has 164 valence electrons. The minimum absolute atomic E-state index is 0.00719. The molecule has 0 bridgehead atoms. The molecule has 0 aliphatic rings. The van der Waals surface area contributed by atoms with Crippen molar-refractivity contribution in [1.29, 1.82) is 0 Å². The van der Waals surface area contributed by atoms with Gasteiger partial charge in [-0.1, -0.05) is 25.5 Å². The van der Waals surface area contributed by atoms with Gasteiger partial charge in [0, 0.05) is 11.1 Å². The maximum Gasteiger partial charge on any atom is 0.129 e. The highest BCUT2D eigenvalue weighted by Gasteiger charge is 2.13. The summed E-state index contributed by atoms with van der Waals surface area (Å²) in [6.07, 6.45) is 2.43. The van der Waals surface area contributed by atoms with Gasteiger partial charge in [0.25, 0.3) is 0 Å². The molecule has 0 saturated heterocycles. The maximum absolute atomic E-state index is 14.5. The highest BCUT2D eigenvalue weighted by atomic mass is 19.1. The molecule has 0 N–H and O–H groups in total. The van der Waals surface area contributed by atoms with Crippen LogP contribution in [-0.4, -0.2) is 0 Å². The normalized spacial score (nSPS) is 11.2. The maximum atomic E-state index is 14.5. The van der Waals surface area contributed by atoms with Gasteiger partial charge in [-0.05, 0) is 91.6 Å². The fourth-order valence-electron chi connectivity index (χ4n) is 3.67. The van der Waals surface area contributed by atoms with Gasteiger partial charge < -0.3 is 0 Å². The van der Waals surface area contributed by atoms with E-state index in [1.165, 1.54) is 37.3 Å². The smallest absolute Gasteiger partial charge is 0.129 e. The van der Waals surface area contributed by atoms with Gasteiger partial charge in [-0.3, -0.25) is 0 Å². The SMILES string of the molecule is CCCc1cc(F)c(CCc2ccc(CCc3cc(F)c(C)c(F)c3)c(F)c2)c(F)c1. The zero-order valence-corrected chi connectivity index (χ0v) is 17.7. The van der Waals surface area contributed by atoms with E-state index in [9.17, 15) is 22.0 Å². The highest BCUT2D eigenvalue weighted by Crippen LogP contribution is 2.21. The Kier molecular flexibility index (Phi) is 7.47. The third-order valence-electron chi connectivity index (χ3n) is 5.54. The zero-order valence-electron chi connectivity index (χ0n) is 17.7. The van der Waals surface area contributed by atoms with Crippen LogP contribution in [0.4, 0.5) is 22.0 Å². The van der Waals surface area contributed by atoms with Crippen molar-refractivity contribution in [2.45, 2.75) is 52.4 Å². The van der Waals surface area contributed by atoms with Crippen LogP contribution in [0.25, 0.3) is 0 Å². The second-order valence-corrected chi connectivity index (χ2v) is 7.90. The Morgan fingerprint density at radius 2 is 1.06 bits per heavy atom. The number of benzene rings is 3. The molecular weight excluding hydrogens is 407 g/mol. The minimum atomic E-state index is -0.618. The summed E-state index contributed by atoms with van der Waals surface area (Å²) in [7, 11) is 0. The lowest BCUT2D eigenvalue weighted by Crippen LogP contribution is -2.02. The van der Waals surface area contributed by atoms with Crippen LogP contribution in [0.3, 0.4) is 0 Å². The van der Waals surface area contributed by atoms with E-state index in [0.717, 1.165) is 6.42 Å². The third-order valence-corrected chi connectivity index (χ3v) is 5.54. The lowest BCUT2D eigenvalue weighted by atomic mass is 9.98. The molecule has 0 unspecified atom stereocenters. The van der Waals surface area contributed by atoms with Crippen LogP contribution in [0.2, 0.25) is 0 Å². The minimum Gasteiger partial charge on any atom is -0.207 e. The molecule has 0 saturated carbocycles. The van der Waals surface area contributed by atoms with E-state index in [1.54, 1.807) is 12.1 Å². The third kappa shape index (κ3) is 5.72. The van der Waals surface area contributed by atoms with Crippen LogP contribution in [-0.2, 0) is 32.1 Å². The van der Waals surface area contributed by atoms with Crippen molar-refractivity contribution in [3.8, 4) is 0 Å². The van der Waals surface area contributed by atoms with Crippen molar-refractivity contribution in [3.05, 3.63) is 105 Å². The summed E-state index contributed by atoms with van der Waals surface area (Å²) in [6, 6.07) is 9.94. The largest absolute Gasteiger partial charge is 0.207 e. The van der Waals surface area contributed by atoms with Crippen LogP contribution in [0, 0.1) is 36.0 Å². The van der Waals surface area contributed by atoms with Crippen LogP contribution >= 0.6 is 0 Å². The lowest BCUT2D eigenvalue weighted by molar-refractivity contribution is 0.550. The molecule has 5 heteroatoms. The van der Waals surface area contributed by atoms with Crippen molar-refractivity contribution in [2.75, 3.05) is 0 Å². The van der Waals surface area contributed by atoms with E-state index < -0.39 is 29.1 Å². The fraction of sp³-hybridized carbons (Fsp3) is 0.308. The second kappa shape index (κ2) is 10.1. The van der Waals surface area contributed by atoms with Gasteiger partial charge in [0.2, 0.25) is 0 Å². The first kappa shape index (κ1) is 23.0. The average molecular weight is 432 g/mol. The summed E-state index contributed by atoms with van der Waals surface area (Å²) in [5, 5.41) is 0. The molecular formula is C26H25F5. The first-order valence-corrected chi connectivity index (χ1v) is 10.5. The van der Waals surface area contributed by atoms with Crippen molar-refractivity contribution in [2.24, 2.45) is 0 Å². The van der Waals surface area contributed by atoms with Crippen molar-refractivity contribution in [3.63, 3.8) is 0 Å². The van der Waals surface area contributed by atoms with Crippen LogP contribution in [0.1, 0.15) is 46.7 Å². The van der Waals surface area contributed by atoms with Gasteiger partial charge in [-0.15, -0.1) is 0 Å². The Hall–Kier alpha value is -2.69. The average Bonchev–Trinajstić information content (AvgIpc) is 2.71. The Morgan fingerprint density at radius 3 is 1.65 bits per heavy atom. The first-order chi connectivity index (χ1) is 14.8. The molecule has 0 radical (unpaired) electrons. The van der Waals surface area contributed by atoms with E-state index in [1.807, 2.05) is 6.92 Å². The summed E-state index contributed by atoms with van der Waals surface area (Å²) < 4.78 is 70.4. The van der Waals surface area contributed by atoms with E-state index in [0.29, 0.717) is 41.5 Å². The molecule has 0 aliphatic carbocycles. The molecule has 3 aromatic rings. The molecule has 3 aromatic carbocycles. The number of halogens is 5. The molecule has 0 amide bonds. The predicted molar refractivity (Wildman–Crippen MR) is 113 cm³/mol. The van der Waals surface area contributed by atoms with Gasteiger partial charge in [-0.25, -0.2) is 22.0 Å². The fourth-order valence-corrected chi connectivity index (χ4v) is 3.67. The van der Waals surface area contributed by atoms with Gasteiger partial charge in [0.05, 0.1) is 0 Å². The number of hydrogen-bond acceptors (Lipinski definition) is 0. The number of hydrogen-bond donors (Lipinski definition) is 0. The van der Waals surface area contributed by atoms with Gasteiger partial charge in [0.15, 0.2) is 0 Å². The topological polar surface area (TPSA) is 0 Å². The molecule has 0 spiro atoms. The highest BCUT2D eigenvalue weighted by molar-refractivity contribution is 5.31. The molecule has 0 fully saturated rings. The van der Waals surface area contributed by atoms with Crippen LogP contribution in [0.5, 0.6) is 0 Å². The summed E-state index contributed by atoms with van der Waals surface area (Å²) in [6.45, 7) is 3.31. The quantitative estimate of drug-likeness (QED) is 0.330. The monoisotopic (exact) mass is 432 g/mol.